The van der Waals surface area contributed by atoms with Crippen LogP contribution in [0.25, 0.3) is 0 Å². The van der Waals surface area contributed by atoms with Crippen LogP contribution in [0.15, 0.2) is 0 Å². The average molecular weight is 1070 g/mol. The monoisotopic (exact) mass is 1070 g/mol. The Labute approximate surface area is 435 Å². The molecule has 3 N–H and O–H groups in total. The first-order valence-electron chi connectivity index (χ1n) is 28.1. The molecule has 0 aliphatic heterocycles. The Morgan fingerprint density at radius 3 is 0.944 bits per heavy atom. The van der Waals surface area contributed by atoms with E-state index in [1.807, 2.05) is 0 Å². The fraction of sp³-hybridized carbons (Fsp3) is 0.925. The second-order valence-corrected chi connectivity index (χ2v) is 22.6. The predicted octanol–water partition coefficient (Wildman–Crippen LogP) is 13.5. The first kappa shape index (κ1) is 70.1. The number of aliphatic hydroxyl groups excluding tert-OH is 1. The third-order valence-electron chi connectivity index (χ3n) is 12.0. The van der Waals surface area contributed by atoms with Gasteiger partial charge in [0.15, 0.2) is 12.2 Å². The Balaban J connectivity index is 5.15. The highest BCUT2D eigenvalue weighted by atomic mass is 31.2. The van der Waals surface area contributed by atoms with Gasteiger partial charge < -0.3 is 33.8 Å². The summed E-state index contributed by atoms with van der Waals surface area (Å²) in [5.74, 6) is -1.47. The van der Waals surface area contributed by atoms with Gasteiger partial charge in [0.25, 0.3) is 0 Å². The van der Waals surface area contributed by atoms with Crippen LogP contribution >= 0.6 is 15.6 Å². The summed E-state index contributed by atoms with van der Waals surface area (Å²) in [5, 5.41) is 10.4. The van der Waals surface area contributed by atoms with Crippen molar-refractivity contribution in [3.8, 4) is 0 Å². The highest BCUT2D eigenvalue weighted by Gasteiger charge is 2.30. The Hall–Kier alpha value is -1.94. The second-order valence-electron chi connectivity index (χ2n) is 19.7. The summed E-state index contributed by atoms with van der Waals surface area (Å²) in [6, 6.07) is 0. The number of unbranched alkanes of at least 4 members (excludes halogenated alkanes) is 25. The summed E-state index contributed by atoms with van der Waals surface area (Å²) in [5.41, 5.74) is 0. The summed E-state index contributed by atoms with van der Waals surface area (Å²) in [6.45, 7) is 6.86. The number of ether oxygens (including phenoxy) is 4. The minimum Gasteiger partial charge on any atom is -0.462 e. The van der Waals surface area contributed by atoms with Gasteiger partial charge in [-0.1, -0.05) is 202 Å². The molecule has 0 saturated heterocycles. The first-order valence-corrected chi connectivity index (χ1v) is 31.1. The lowest BCUT2D eigenvalue weighted by Gasteiger charge is -2.21. The zero-order valence-electron chi connectivity index (χ0n) is 45.5. The van der Waals surface area contributed by atoms with Crippen LogP contribution in [-0.2, 0) is 65.4 Å². The third kappa shape index (κ3) is 47.8. The van der Waals surface area contributed by atoms with Crippen LogP contribution < -0.4 is 0 Å². The van der Waals surface area contributed by atoms with Gasteiger partial charge >= 0.3 is 39.5 Å². The molecule has 0 aromatic carbocycles. The molecule has 0 bridgehead atoms. The van der Waals surface area contributed by atoms with E-state index < -0.39 is 97.5 Å². The number of esters is 4. The molecule has 0 rings (SSSR count). The van der Waals surface area contributed by atoms with Crippen molar-refractivity contribution in [2.75, 3.05) is 39.6 Å². The Bertz CT molecular complexity index is 1430. The molecule has 72 heavy (non-hydrogen) atoms. The number of aliphatic hydroxyl groups is 1. The molecule has 19 heteroatoms. The lowest BCUT2D eigenvalue weighted by molar-refractivity contribution is -0.161. The van der Waals surface area contributed by atoms with Gasteiger partial charge in [-0.05, 0) is 31.6 Å². The van der Waals surface area contributed by atoms with E-state index in [0.717, 1.165) is 103 Å². The van der Waals surface area contributed by atoms with Gasteiger partial charge in [-0.2, -0.15) is 0 Å². The van der Waals surface area contributed by atoms with Crippen molar-refractivity contribution < 1.29 is 80.2 Å². The van der Waals surface area contributed by atoms with Crippen LogP contribution in [0.1, 0.15) is 253 Å². The van der Waals surface area contributed by atoms with Crippen LogP contribution in [0, 0.1) is 5.92 Å². The van der Waals surface area contributed by atoms with Gasteiger partial charge in [0, 0.05) is 25.7 Å². The number of phosphoric acid groups is 2. The number of hydrogen-bond donors (Lipinski definition) is 3. The quantitative estimate of drug-likeness (QED) is 0.0222. The maximum Gasteiger partial charge on any atom is 0.472 e. The molecule has 0 aliphatic rings. The number of carbonyl (C=O) groups is 4. The Morgan fingerprint density at radius 2 is 0.639 bits per heavy atom. The van der Waals surface area contributed by atoms with Crippen molar-refractivity contribution in [2.45, 2.75) is 271 Å². The Morgan fingerprint density at radius 1 is 0.375 bits per heavy atom. The predicted molar refractivity (Wildman–Crippen MR) is 280 cm³/mol. The Kier molecular flexibility index (Phi) is 46.2. The highest BCUT2D eigenvalue weighted by Crippen LogP contribution is 2.45. The molecule has 17 nitrogen and oxygen atoms in total. The SMILES string of the molecule is CCCCCCCCCCCCCCC(=O)O[C@H](COC(=O)CCCCCCCCCC(C)C)COP(=O)(O)OC[C@@H](O)COP(=O)(O)OC[C@@H](COC(=O)CCCCCCC)OC(=O)CCCCCCC. The molecule has 0 amide bonds. The topological polar surface area (TPSA) is 237 Å². The van der Waals surface area contributed by atoms with Crippen LogP contribution in [0.3, 0.4) is 0 Å². The van der Waals surface area contributed by atoms with E-state index >= 15 is 0 Å². The largest absolute Gasteiger partial charge is 0.472 e. The zero-order chi connectivity index (χ0) is 53.6. The average Bonchev–Trinajstić information content (AvgIpc) is 3.34. The van der Waals surface area contributed by atoms with Crippen LogP contribution in [-0.4, -0.2) is 96.7 Å². The molecule has 0 fully saturated rings. The smallest absolute Gasteiger partial charge is 0.462 e. The number of carbonyl (C=O) groups excluding carboxylic acids is 4. The van der Waals surface area contributed by atoms with Gasteiger partial charge in [0.2, 0.25) is 0 Å². The van der Waals surface area contributed by atoms with Crippen LogP contribution in [0.2, 0.25) is 0 Å². The van der Waals surface area contributed by atoms with E-state index in [0.29, 0.717) is 31.6 Å². The molecule has 0 heterocycles. The molecule has 0 aromatic heterocycles. The fourth-order valence-electron chi connectivity index (χ4n) is 7.64. The van der Waals surface area contributed by atoms with E-state index in [1.54, 1.807) is 0 Å². The lowest BCUT2D eigenvalue weighted by atomic mass is 10.0. The molecule has 0 spiro atoms. The van der Waals surface area contributed by atoms with Crippen molar-refractivity contribution >= 4 is 39.5 Å². The molecule has 5 atom stereocenters. The normalized spacial score (nSPS) is 14.6. The van der Waals surface area contributed by atoms with Crippen LogP contribution in [0.5, 0.6) is 0 Å². The van der Waals surface area contributed by atoms with Crippen molar-refractivity contribution in [3.05, 3.63) is 0 Å². The van der Waals surface area contributed by atoms with Gasteiger partial charge in [-0.25, -0.2) is 9.13 Å². The summed E-state index contributed by atoms with van der Waals surface area (Å²) < 4.78 is 67.1. The summed E-state index contributed by atoms with van der Waals surface area (Å²) in [4.78, 5) is 71.1. The minimum atomic E-state index is -4.93. The molecule has 0 aromatic rings. The molecule has 426 valence electrons. The maximum atomic E-state index is 12.9. The van der Waals surface area contributed by atoms with Crippen LogP contribution in [0.4, 0.5) is 0 Å². The van der Waals surface area contributed by atoms with Crippen molar-refractivity contribution in [3.63, 3.8) is 0 Å². The molecule has 0 radical (unpaired) electrons. The number of phosphoric ester groups is 2. The molecule has 0 saturated carbocycles. The number of rotatable bonds is 53. The molecular weight excluding hydrogens is 971 g/mol. The maximum absolute atomic E-state index is 12.9. The molecule has 2 unspecified atom stereocenters. The summed E-state index contributed by atoms with van der Waals surface area (Å²) >= 11 is 0. The zero-order valence-corrected chi connectivity index (χ0v) is 47.3. The van der Waals surface area contributed by atoms with E-state index in [9.17, 15) is 43.2 Å². The van der Waals surface area contributed by atoms with Gasteiger partial charge in [-0.15, -0.1) is 0 Å². The van der Waals surface area contributed by atoms with Gasteiger partial charge in [0.05, 0.1) is 26.4 Å². The van der Waals surface area contributed by atoms with E-state index in [1.165, 1.54) is 64.2 Å². The minimum absolute atomic E-state index is 0.0986. The number of hydrogen-bond acceptors (Lipinski definition) is 15. The first-order chi connectivity index (χ1) is 34.5. The molecule has 0 aliphatic carbocycles. The van der Waals surface area contributed by atoms with Crippen molar-refractivity contribution in [1.82, 2.24) is 0 Å². The van der Waals surface area contributed by atoms with Gasteiger partial charge in [0.1, 0.15) is 19.3 Å². The van der Waals surface area contributed by atoms with E-state index in [4.69, 9.17) is 37.0 Å². The molecular formula is C53H102O17P2. The summed E-state index contributed by atoms with van der Waals surface area (Å²) in [7, 11) is -9.84. The standard InChI is InChI=1S/C53H102O17P2/c1-6-9-12-15-16-17-18-19-20-23-29-34-39-53(58)70-49(43-64-51(56)37-32-28-24-21-22-27-30-35-46(4)5)45-68-72(61,62)66-41-47(54)40-65-71(59,60)67-44-48(69-52(57)38-33-26-14-11-8-3)42-63-50(55)36-31-25-13-10-7-2/h46-49,54H,6-45H2,1-5H3,(H,59,60)(H,61,62)/t47-,48+,49+/m0/s1. The van der Waals surface area contributed by atoms with Crippen molar-refractivity contribution in [2.24, 2.45) is 5.92 Å². The summed E-state index contributed by atoms with van der Waals surface area (Å²) in [6.07, 6.45) is 27.4. The lowest BCUT2D eigenvalue weighted by Crippen LogP contribution is -2.30. The van der Waals surface area contributed by atoms with E-state index in [-0.39, 0.29) is 25.7 Å². The third-order valence-corrected chi connectivity index (χ3v) is 13.9. The fourth-order valence-corrected chi connectivity index (χ4v) is 9.22. The second kappa shape index (κ2) is 47.5. The highest BCUT2D eigenvalue weighted by molar-refractivity contribution is 7.47. The van der Waals surface area contributed by atoms with Gasteiger partial charge in [-0.3, -0.25) is 37.3 Å². The van der Waals surface area contributed by atoms with E-state index in [2.05, 4.69) is 34.6 Å². The van der Waals surface area contributed by atoms with Crippen molar-refractivity contribution in [1.29, 1.82) is 0 Å².